The van der Waals surface area contributed by atoms with Crippen LogP contribution in [0.25, 0.3) is 0 Å². The van der Waals surface area contributed by atoms with E-state index in [2.05, 4.69) is 34.6 Å². The van der Waals surface area contributed by atoms with E-state index < -0.39 is 0 Å². The van der Waals surface area contributed by atoms with Gasteiger partial charge >= 0.3 is 0 Å². The van der Waals surface area contributed by atoms with Gasteiger partial charge in [-0.15, -0.1) is 0 Å². The Kier molecular flexibility index (Phi) is 1.85. The molecule has 0 aromatic heterocycles. The highest BCUT2D eigenvalue weighted by atomic mass is 14.9. The smallest absolute Gasteiger partial charge is 0.0222 e. The fourth-order valence-corrected chi connectivity index (χ4v) is 10.8. The Hall–Kier alpha value is 0. The molecule has 0 N–H and O–H groups in total. The molecule has 116 valence electrons. The van der Waals surface area contributed by atoms with Crippen molar-refractivity contribution in [2.75, 3.05) is 0 Å². The Bertz CT molecular complexity index is 530. The molecule has 0 heteroatoms. The fourth-order valence-electron chi connectivity index (χ4n) is 10.8. The molecule has 0 amide bonds. The Labute approximate surface area is 130 Å². The van der Waals surface area contributed by atoms with Crippen LogP contribution in [-0.2, 0) is 0 Å². The third kappa shape index (κ3) is 0.964. The Morgan fingerprint density at radius 1 is 0.714 bits per heavy atom. The summed E-state index contributed by atoms with van der Waals surface area (Å²) in [5, 5.41) is 0. The summed E-state index contributed by atoms with van der Waals surface area (Å²) in [6, 6.07) is 0. The third-order valence-electron chi connectivity index (χ3n) is 11.0. The maximum Gasteiger partial charge on any atom is -0.0222 e. The van der Waals surface area contributed by atoms with Gasteiger partial charge in [0.15, 0.2) is 0 Å². The average molecular weight is 284 g/mol. The van der Waals surface area contributed by atoms with Gasteiger partial charge in [-0.25, -0.2) is 0 Å². The molecule has 7 aliphatic rings. The normalized spacial score (nSPS) is 79.0. The first-order chi connectivity index (χ1) is 9.91. The summed E-state index contributed by atoms with van der Waals surface area (Å²) in [4.78, 5) is 0. The van der Waals surface area contributed by atoms with Crippen LogP contribution < -0.4 is 0 Å². The van der Waals surface area contributed by atoms with Crippen LogP contribution in [0.4, 0.5) is 0 Å². The molecule has 21 heavy (non-hydrogen) atoms. The Morgan fingerprint density at radius 2 is 1.48 bits per heavy atom. The maximum absolute atomic E-state index is 2.77. The Morgan fingerprint density at radius 3 is 2.24 bits per heavy atom. The van der Waals surface area contributed by atoms with Crippen molar-refractivity contribution in [3.8, 4) is 0 Å². The second-order valence-electron chi connectivity index (χ2n) is 10.9. The second-order valence-corrected chi connectivity index (χ2v) is 10.9. The number of rotatable bonds is 0. The molecule has 0 saturated heterocycles. The molecule has 0 heterocycles. The van der Waals surface area contributed by atoms with Crippen molar-refractivity contribution in [3.63, 3.8) is 0 Å². The molecule has 0 aliphatic heterocycles. The van der Waals surface area contributed by atoms with Crippen LogP contribution in [0.5, 0.6) is 0 Å². The molecule has 13 unspecified atom stereocenters. The van der Waals surface area contributed by atoms with E-state index in [0.29, 0.717) is 5.41 Å². The lowest BCUT2D eigenvalue weighted by molar-refractivity contribution is -0.104. The van der Waals surface area contributed by atoms with Crippen LogP contribution >= 0.6 is 0 Å². The minimum absolute atomic E-state index is 0.701. The van der Waals surface area contributed by atoms with Gasteiger partial charge in [0.05, 0.1) is 0 Å². The topological polar surface area (TPSA) is 0 Å². The van der Waals surface area contributed by atoms with Gasteiger partial charge in [0, 0.05) is 0 Å². The largest absolute Gasteiger partial charge is 0.0622 e. The van der Waals surface area contributed by atoms with Gasteiger partial charge in [-0.1, -0.05) is 34.6 Å². The highest BCUT2D eigenvalue weighted by Gasteiger charge is 2.85. The highest BCUT2D eigenvalue weighted by Crippen LogP contribution is 2.90. The zero-order chi connectivity index (χ0) is 14.5. The fraction of sp³-hybridized carbons (Fsp3) is 1.00. The van der Waals surface area contributed by atoms with E-state index in [1.54, 1.807) is 19.3 Å². The van der Waals surface area contributed by atoms with Gasteiger partial charge in [0.2, 0.25) is 0 Å². The SMILES string of the molecule is CC1CC2CC3C4CC5C(C)C6C5C6(C)C4C(C)(C2C)C13. The average Bonchev–Trinajstić information content (AvgIpc) is 2.97. The van der Waals surface area contributed by atoms with Gasteiger partial charge in [-0.2, -0.15) is 0 Å². The predicted molar refractivity (Wildman–Crippen MR) is 85.5 cm³/mol. The standard InChI is InChI=1S/C21H32/c1-9-6-12-7-14-15-8-13-10(2)17-18(13)21(17,5)19(15)20(4,11(12)3)16(9)14/h9-19H,6-8H2,1-5H3. The minimum atomic E-state index is 0.701. The molecule has 7 rings (SSSR count). The summed E-state index contributed by atoms with van der Waals surface area (Å²) in [5.41, 5.74) is 1.47. The first kappa shape index (κ1) is 12.4. The summed E-state index contributed by atoms with van der Waals surface area (Å²) < 4.78 is 0. The molecule has 0 radical (unpaired) electrons. The second kappa shape index (κ2) is 3.13. The van der Waals surface area contributed by atoms with Gasteiger partial charge < -0.3 is 0 Å². The number of hydrogen-bond acceptors (Lipinski definition) is 0. The maximum atomic E-state index is 2.77. The predicted octanol–water partition coefficient (Wildman–Crippen LogP) is 5.09. The van der Waals surface area contributed by atoms with Crippen molar-refractivity contribution in [2.24, 2.45) is 75.9 Å². The molecular formula is C21H32. The highest BCUT2D eigenvalue weighted by molar-refractivity contribution is 5.32. The molecule has 13 atom stereocenters. The molecule has 0 aromatic carbocycles. The molecule has 0 aromatic rings. The monoisotopic (exact) mass is 284 g/mol. The van der Waals surface area contributed by atoms with E-state index >= 15 is 0 Å². The van der Waals surface area contributed by atoms with Crippen molar-refractivity contribution in [3.05, 3.63) is 0 Å². The molecule has 0 spiro atoms. The lowest BCUT2D eigenvalue weighted by Crippen LogP contribution is -2.53. The number of fused-ring (bicyclic) bond motifs is 4. The zero-order valence-electron chi connectivity index (χ0n) is 14.5. The van der Waals surface area contributed by atoms with E-state index in [9.17, 15) is 0 Å². The first-order valence-electron chi connectivity index (χ1n) is 9.91. The van der Waals surface area contributed by atoms with Gasteiger partial charge in [0.1, 0.15) is 0 Å². The van der Waals surface area contributed by atoms with Crippen LogP contribution in [0.15, 0.2) is 0 Å². The van der Waals surface area contributed by atoms with Gasteiger partial charge in [-0.05, 0) is 95.2 Å². The number of hydrogen-bond donors (Lipinski definition) is 0. The van der Waals surface area contributed by atoms with Crippen LogP contribution in [0.3, 0.4) is 0 Å². The molecule has 7 fully saturated rings. The van der Waals surface area contributed by atoms with Crippen molar-refractivity contribution < 1.29 is 0 Å². The van der Waals surface area contributed by atoms with Crippen molar-refractivity contribution >= 4 is 0 Å². The van der Waals surface area contributed by atoms with Crippen LogP contribution in [0.1, 0.15) is 53.9 Å². The lowest BCUT2D eigenvalue weighted by atomic mass is 9.46. The lowest BCUT2D eigenvalue weighted by Gasteiger charge is -2.58. The molecule has 7 aliphatic carbocycles. The van der Waals surface area contributed by atoms with E-state index in [-0.39, 0.29) is 0 Å². The summed E-state index contributed by atoms with van der Waals surface area (Å²) in [5.74, 6) is 12.0. The molecular weight excluding hydrogens is 252 g/mol. The van der Waals surface area contributed by atoms with E-state index in [1.165, 1.54) is 0 Å². The molecule has 7 saturated carbocycles. The van der Waals surface area contributed by atoms with Crippen molar-refractivity contribution in [1.29, 1.82) is 0 Å². The third-order valence-corrected chi connectivity index (χ3v) is 11.0. The van der Waals surface area contributed by atoms with Crippen molar-refractivity contribution in [2.45, 2.75) is 53.9 Å². The van der Waals surface area contributed by atoms with Crippen molar-refractivity contribution in [1.82, 2.24) is 0 Å². The quantitative estimate of drug-likeness (QED) is 0.581. The summed E-state index contributed by atoms with van der Waals surface area (Å²) in [6.45, 7) is 13.4. The summed E-state index contributed by atoms with van der Waals surface area (Å²) in [7, 11) is 0. The molecule has 0 nitrogen and oxygen atoms in total. The minimum Gasteiger partial charge on any atom is -0.0622 e. The summed E-state index contributed by atoms with van der Waals surface area (Å²) in [6.07, 6.45) is 4.80. The van der Waals surface area contributed by atoms with Crippen LogP contribution in [-0.4, -0.2) is 0 Å². The van der Waals surface area contributed by atoms with Gasteiger partial charge in [0.25, 0.3) is 0 Å². The summed E-state index contributed by atoms with van der Waals surface area (Å²) >= 11 is 0. The molecule has 4 bridgehead atoms. The Balaban J connectivity index is 1.54. The van der Waals surface area contributed by atoms with Crippen LogP contribution in [0.2, 0.25) is 0 Å². The van der Waals surface area contributed by atoms with Crippen LogP contribution in [0, 0.1) is 75.9 Å². The van der Waals surface area contributed by atoms with E-state index in [1.807, 2.05) is 0 Å². The van der Waals surface area contributed by atoms with E-state index in [0.717, 1.165) is 70.5 Å². The first-order valence-corrected chi connectivity index (χ1v) is 9.91. The van der Waals surface area contributed by atoms with Gasteiger partial charge in [-0.3, -0.25) is 0 Å². The van der Waals surface area contributed by atoms with E-state index in [4.69, 9.17) is 0 Å². The zero-order valence-corrected chi connectivity index (χ0v) is 14.5.